The molecule has 4 nitrogen and oxygen atoms in total. The van der Waals surface area contributed by atoms with Crippen LogP contribution >= 0.6 is 11.6 Å². The fourth-order valence-electron chi connectivity index (χ4n) is 4.43. The number of Topliss-reactive ketones (excluding diaryl/α,β-unsaturated/α-hetero) is 1. The van der Waals surface area contributed by atoms with Gasteiger partial charge in [-0.25, -0.2) is 4.39 Å². The predicted molar refractivity (Wildman–Crippen MR) is 139 cm³/mol. The van der Waals surface area contributed by atoms with E-state index in [0.717, 1.165) is 35.3 Å². The number of carbonyl (C=O) groups is 1. The number of carbonyl (C=O) groups excluding carboxylic acids is 1. The molecule has 0 spiro atoms. The Bertz CT molecular complexity index is 1100. The van der Waals surface area contributed by atoms with Gasteiger partial charge in [0.2, 0.25) is 0 Å². The Morgan fingerprint density at radius 1 is 1.00 bits per heavy atom. The molecule has 1 fully saturated rings. The van der Waals surface area contributed by atoms with E-state index in [1.165, 1.54) is 44.5 Å². The lowest BCUT2D eigenvalue weighted by Crippen LogP contribution is -2.31. The van der Waals surface area contributed by atoms with Crippen LogP contribution in [0, 0.1) is 5.82 Å². The molecule has 35 heavy (non-hydrogen) atoms. The molecule has 0 bridgehead atoms. The van der Waals surface area contributed by atoms with Gasteiger partial charge in [0, 0.05) is 47.9 Å². The summed E-state index contributed by atoms with van der Waals surface area (Å²) < 4.78 is 19.9. The first-order valence-electron chi connectivity index (χ1n) is 12.4. The highest BCUT2D eigenvalue weighted by atomic mass is 35.5. The van der Waals surface area contributed by atoms with Crippen LogP contribution in [0.5, 0.6) is 5.75 Å². The van der Waals surface area contributed by atoms with E-state index in [1.807, 2.05) is 42.5 Å². The number of hydrogen-bond acceptors (Lipinski definition) is 4. The van der Waals surface area contributed by atoms with E-state index in [9.17, 15) is 9.18 Å². The monoisotopic (exact) mass is 494 g/mol. The highest BCUT2D eigenvalue weighted by molar-refractivity contribution is 6.30. The average Bonchev–Trinajstić information content (AvgIpc) is 2.87. The van der Waals surface area contributed by atoms with E-state index in [-0.39, 0.29) is 18.0 Å². The number of aromatic nitrogens is 1. The van der Waals surface area contributed by atoms with Gasteiger partial charge < -0.3 is 9.64 Å². The minimum Gasteiger partial charge on any atom is -0.493 e. The summed E-state index contributed by atoms with van der Waals surface area (Å²) in [5.41, 5.74) is 3.50. The van der Waals surface area contributed by atoms with E-state index in [0.29, 0.717) is 30.2 Å². The lowest BCUT2D eigenvalue weighted by molar-refractivity contribution is -0.118. The van der Waals surface area contributed by atoms with Crippen molar-refractivity contribution < 1.29 is 13.9 Å². The molecule has 0 aliphatic carbocycles. The number of pyridine rings is 1. The van der Waals surface area contributed by atoms with Gasteiger partial charge in [-0.15, -0.1) is 0 Å². The number of hydrogen-bond donors (Lipinski definition) is 0. The smallest absolute Gasteiger partial charge is 0.139 e. The lowest BCUT2D eigenvalue weighted by Gasteiger charge is -2.26. The second-order valence-electron chi connectivity index (χ2n) is 9.16. The highest BCUT2D eigenvalue weighted by Gasteiger charge is 2.11. The van der Waals surface area contributed by atoms with Gasteiger partial charge >= 0.3 is 0 Å². The van der Waals surface area contributed by atoms with Crippen molar-refractivity contribution in [1.82, 2.24) is 9.88 Å². The zero-order valence-corrected chi connectivity index (χ0v) is 20.8. The molecule has 6 heteroatoms. The molecule has 0 amide bonds. The molecule has 1 saturated heterocycles. The molecule has 0 atom stereocenters. The summed E-state index contributed by atoms with van der Waals surface area (Å²) in [5.74, 6) is 0.274. The van der Waals surface area contributed by atoms with Crippen LogP contribution in [0.15, 0.2) is 60.8 Å². The van der Waals surface area contributed by atoms with Gasteiger partial charge in [-0.1, -0.05) is 36.2 Å². The molecular formula is C29H32ClFN2O2. The highest BCUT2D eigenvalue weighted by Crippen LogP contribution is 2.22. The van der Waals surface area contributed by atoms with Crippen molar-refractivity contribution in [3.8, 4) is 16.9 Å². The van der Waals surface area contributed by atoms with Crippen LogP contribution in [0.2, 0.25) is 5.02 Å². The molecule has 184 valence electrons. The fourth-order valence-corrected chi connectivity index (χ4v) is 4.55. The Kier molecular flexibility index (Phi) is 9.27. The van der Waals surface area contributed by atoms with Crippen molar-refractivity contribution >= 4 is 17.4 Å². The van der Waals surface area contributed by atoms with Gasteiger partial charge in [-0.05, 0) is 80.2 Å². The van der Waals surface area contributed by atoms with Gasteiger partial charge in [0.25, 0.3) is 0 Å². The minimum atomic E-state index is -0.333. The first-order chi connectivity index (χ1) is 17.0. The van der Waals surface area contributed by atoms with E-state index in [4.69, 9.17) is 16.3 Å². The summed E-state index contributed by atoms with van der Waals surface area (Å²) in [6.45, 7) is 3.92. The number of likely N-dealkylation sites (tertiary alicyclic amines) is 1. The zero-order valence-electron chi connectivity index (χ0n) is 20.0. The van der Waals surface area contributed by atoms with Crippen LogP contribution in [0.3, 0.4) is 0 Å². The molecular weight excluding hydrogens is 463 g/mol. The number of nitrogens with zero attached hydrogens (tertiary/aromatic N) is 2. The molecule has 0 N–H and O–H groups in total. The summed E-state index contributed by atoms with van der Waals surface area (Å²) in [7, 11) is 0. The molecule has 0 saturated carbocycles. The van der Waals surface area contributed by atoms with Crippen molar-refractivity contribution in [2.45, 2.75) is 44.9 Å². The van der Waals surface area contributed by atoms with E-state index in [1.54, 1.807) is 6.20 Å². The Hall–Kier alpha value is -2.76. The predicted octanol–water partition coefficient (Wildman–Crippen LogP) is 6.54. The van der Waals surface area contributed by atoms with Crippen molar-refractivity contribution in [2.75, 3.05) is 26.2 Å². The van der Waals surface area contributed by atoms with Crippen LogP contribution in [0.1, 0.15) is 43.4 Å². The Morgan fingerprint density at radius 2 is 1.77 bits per heavy atom. The quantitative estimate of drug-likeness (QED) is 0.284. The lowest BCUT2D eigenvalue weighted by atomic mass is 10.0. The third kappa shape index (κ3) is 8.15. The molecule has 0 unspecified atom stereocenters. The number of rotatable bonds is 11. The number of ketones is 1. The number of ether oxygens (including phenoxy) is 1. The second kappa shape index (κ2) is 12.8. The third-order valence-electron chi connectivity index (χ3n) is 6.34. The standard InChI is InChI=1S/C29H32ClFN2O2/c30-25-9-6-23(7-10-25)24-8-11-27(32-21-24)20-28(34)12-5-22-17-26(31)19-29(18-22)35-16-4-15-33-13-2-1-3-14-33/h6-11,17-19,21H,1-5,12-16,20H2. The average molecular weight is 495 g/mol. The SMILES string of the molecule is O=C(CCc1cc(F)cc(OCCCN2CCCCC2)c1)Cc1ccc(-c2ccc(Cl)cc2)cn1. The molecule has 2 heterocycles. The van der Waals surface area contributed by atoms with Gasteiger partial charge in [0.1, 0.15) is 17.3 Å². The maximum atomic E-state index is 14.1. The molecule has 1 aliphatic heterocycles. The topological polar surface area (TPSA) is 42.4 Å². The summed E-state index contributed by atoms with van der Waals surface area (Å²) in [4.78, 5) is 19.4. The Balaban J connectivity index is 1.23. The summed E-state index contributed by atoms with van der Waals surface area (Å²) >= 11 is 5.95. The minimum absolute atomic E-state index is 0.0741. The van der Waals surface area contributed by atoms with Crippen molar-refractivity contribution in [3.63, 3.8) is 0 Å². The molecule has 3 aromatic rings. The van der Waals surface area contributed by atoms with E-state index < -0.39 is 0 Å². The van der Waals surface area contributed by atoms with Gasteiger partial charge in [0.15, 0.2) is 0 Å². The van der Waals surface area contributed by atoms with Gasteiger partial charge in [-0.3, -0.25) is 9.78 Å². The number of benzene rings is 2. The first kappa shape index (κ1) is 25.3. The van der Waals surface area contributed by atoms with E-state index >= 15 is 0 Å². The Labute approximate surface area is 212 Å². The fraction of sp³-hybridized carbons (Fsp3) is 0.379. The maximum Gasteiger partial charge on any atom is 0.139 e. The van der Waals surface area contributed by atoms with Gasteiger partial charge in [-0.2, -0.15) is 0 Å². The molecule has 4 rings (SSSR count). The van der Waals surface area contributed by atoms with Crippen LogP contribution < -0.4 is 4.74 Å². The van der Waals surface area contributed by atoms with Crippen LogP contribution in [0.25, 0.3) is 11.1 Å². The maximum absolute atomic E-state index is 14.1. The molecule has 0 radical (unpaired) electrons. The number of aryl methyl sites for hydroxylation is 1. The molecule has 2 aromatic carbocycles. The van der Waals surface area contributed by atoms with Crippen molar-refractivity contribution in [3.05, 3.63) is 82.9 Å². The number of piperidine rings is 1. The van der Waals surface area contributed by atoms with Crippen LogP contribution in [0.4, 0.5) is 4.39 Å². The summed E-state index contributed by atoms with van der Waals surface area (Å²) in [6.07, 6.45) is 7.64. The Morgan fingerprint density at radius 3 is 2.51 bits per heavy atom. The van der Waals surface area contributed by atoms with Crippen LogP contribution in [-0.4, -0.2) is 41.9 Å². The molecule has 1 aliphatic rings. The number of halogens is 2. The van der Waals surface area contributed by atoms with Crippen molar-refractivity contribution in [2.24, 2.45) is 0 Å². The van der Waals surface area contributed by atoms with Gasteiger partial charge in [0.05, 0.1) is 6.61 Å². The second-order valence-corrected chi connectivity index (χ2v) is 9.60. The van der Waals surface area contributed by atoms with Crippen LogP contribution in [-0.2, 0) is 17.6 Å². The van der Waals surface area contributed by atoms with Crippen molar-refractivity contribution in [1.29, 1.82) is 0 Å². The summed E-state index contributed by atoms with van der Waals surface area (Å²) in [6, 6.07) is 16.1. The van der Waals surface area contributed by atoms with E-state index in [2.05, 4.69) is 9.88 Å². The normalized spacial score (nSPS) is 14.1. The third-order valence-corrected chi connectivity index (χ3v) is 6.59. The first-order valence-corrected chi connectivity index (χ1v) is 12.8. The summed E-state index contributed by atoms with van der Waals surface area (Å²) in [5, 5.41) is 0.689. The molecule has 1 aromatic heterocycles. The zero-order chi connectivity index (χ0) is 24.5. The largest absolute Gasteiger partial charge is 0.493 e.